The largest absolute Gasteiger partial charge is 0.571 e. The lowest BCUT2D eigenvalue weighted by atomic mass is 10.1. The van der Waals surface area contributed by atoms with Crippen molar-refractivity contribution in [1.82, 2.24) is 9.88 Å². The lowest BCUT2D eigenvalue weighted by Gasteiger charge is -2.21. The SMILES string of the molecule is CN1Cc2cc(-c3ccc(-c4cccc([N-]S(=O)(=O)c5ccccn5)c4)s3)ccc2C1=O. The van der Waals surface area contributed by atoms with Gasteiger partial charge in [-0.3, -0.25) is 4.79 Å². The molecule has 0 fully saturated rings. The van der Waals surface area contributed by atoms with Crippen LogP contribution in [0.5, 0.6) is 0 Å². The molecule has 0 aliphatic carbocycles. The van der Waals surface area contributed by atoms with E-state index in [2.05, 4.69) is 15.8 Å². The van der Waals surface area contributed by atoms with Gasteiger partial charge in [0.05, 0.1) is 0 Å². The molecule has 0 atom stereocenters. The van der Waals surface area contributed by atoms with Gasteiger partial charge < -0.3 is 9.62 Å². The van der Waals surface area contributed by atoms with Gasteiger partial charge in [0.1, 0.15) is 15.0 Å². The fourth-order valence-corrected chi connectivity index (χ4v) is 5.60. The topological polar surface area (TPSA) is 81.4 Å². The molecule has 160 valence electrons. The Hall–Kier alpha value is -3.49. The fourth-order valence-electron chi connectivity index (χ4n) is 3.67. The number of nitrogens with zero attached hydrogens (tertiary/aromatic N) is 3. The molecule has 0 radical (unpaired) electrons. The van der Waals surface area contributed by atoms with Crippen LogP contribution in [0.4, 0.5) is 5.69 Å². The minimum atomic E-state index is -3.88. The van der Waals surface area contributed by atoms with E-state index < -0.39 is 10.0 Å². The van der Waals surface area contributed by atoms with E-state index in [1.54, 1.807) is 53.6 Å². The molecular weight excluding hydrogens is 442 g/mol. The number of thiophene rings is 1. The summed E-state index contributed by atoms with van der Waals surface area (Å²) in [5, 5.41) is -0.0791. The van der Waals surface area contributed by atoms with Crippen LogP contribution in [-0.4, -0.2) is 31.3 Å². The Morgan fingerprint density at radius 3 is 2.47 bits per heavy atom. The van der Waals surface area contributed by atoms with Gasteiger partial charge in [-0.25, -0.2) is 13.4 Å². The summed E-state index contributed by atoms with van der Waals surface area (Å²) >= 11 is 1.61. The van der Waals surface area contributed by atoms with E-state index in [4.69, 9.17) is 0 Å². The van der Waals surface area contributed by atoms with Crippen molar-refractivity contribution in [3.63, 3.8) is 0 Å². The molecule has 0 N–H and O–H groups in total. The van der Waals surface area contributed by atoms with E-state index >= 15 is 0 Å². The van der Waals surface area contributed by atoms with Crippen LogP contribution in [0.1, 0.15) is 15.9 Å². The summed E-state index contributed by atoms with van der Waals surface area (Å²) in [6.07, 6.45) is 1.43. The standard InChI is InChI=1S/C24H18N3O3S2/c1-27-15-18-13-17(8-9-20(18)24(27)28)22-11-10-21(31-22)16-5-4-6-19(14-16)26-32(29,30)23-7-2-3-12-25-23/h2-14H,15H2,1H3/q-1. The molecule has 0 bridgehead atoms. The average Bonchev–Trinajstić information content (AvgIpc) is 3.39. The Morgan fingerprint density at radius 1 is 0.938 bits per heavy atom. The molecule has 2 aromatic heterocycles. The Kier molecular flexibility index (Phi) is 5.03. The minimum absolute atomic E-state index is 0.0552. The van der Waals surface area contributed by atoms with Crippen LogP contribution in [0.3, 0.4) is 0 Å². The van der Waals surface area contributed by atoms with E-state index in [0.29, 0.717) is 12.2 Å². The highest BCUT2D eigenvalue weighted by atomic mass is 32.2. The van der Waals surface area contributed by atoms with Gasteiger partial charge in [-0.1, -0.05) is 36.4 Å². The highest BCUT2D eigenvalue weighted by Gasteiger charge is 2.24. The van der Waals surface area contributed by atoms with Gasteiger partial charge >= 0.3 is 0 Å². The second-order valence-electron chi connectivity index (χ2n) is 7.48. The van der Waals surface area contributed by atoms with Crippen LogP contribution in [0.15, 0.2) is 84.0 Å². The Labute approximate surface area is 190 Å². The molecule has 32 heavy (non-hydrogen) atoms. The monoisotopic (exact) mass is 460 g/mol. The number of carbonyl (C=O) groups excluding carboxylic acids is 1. The summed E-state index contributed by atoms with van der Waals surface area (Å²) in [5.41, 5.74) is 4.08. The Morgan fingerprint density at radius 2 is 1.72 bits per heavy atom. The zero-order chi connectivity index (χ0) is 22.3. The normalized spacial score (nSPS) is 13.3. The van der Waals surface area contributed by atoms with Crippen molar-refractivity contribution in [2.45, 2.75) is 11.6 Å². The summed E-state index contributed by atoms with van der Waals surface area (Å²) in [6, 6.07) is 21.8. The van der Waals surface area contributed by atoms with Gasteiger partial charge in [-0.15, -0.1) is 17.0 Å². The summed E-state index contributed by atoms with van der Waals surface area (Å²) in [5.74, 6) is 0.0552. The summed E-state index contributed by atoms with van der Waals surface area (Å²) < 4.78 is 29.0. The zero-order valence-electron chi connectivity index (χ0n) is 17.1. The Bertz CT molecular complexity index is 1430. The second kappa shape index (κ2) is 7.89. The minimum Gasteiger partial charge on any atom is -0.571 e. The summed E-state index contributed by atoms with van der Waals surface area (Å²) in [6.45, 7) is 0.620. The highest BCUT2D eigenvalue weighted by Crippen LogP contribution is 2.38. The van der Waals surface area contributed by atoms with Crippen LogP contribution in [0.25, 0.3) is 25.6 Å². The smallest absolute Gasteiger partial charge is 0.254 e. The molecule has 0 saturated carbocycles. The quantitative estimate of drug-likeness (QED) is 0.396. The third-order valence-corrected chi connectivity index (χ3v) is 7.64. The number of benzene rings is 2. The molecule has 0 saturated heterocycles. The van der Waals surface area contributed by atoms with Gasteiger partial charge in [-0.05, 0) is 53.1 Å². The molecule has 0 spiro atoms. The number of rotatable bonds is 5. The zero-order valence-corrected chi connectivity index (χ0v) is 18.7. The highest BCUT2D eigenvalue weighted by molar-refractivity contribution is 7.94. The third kappa shape index (κ3) is 3.79. The van der Waals surface area contributed by atoms with E-state index in [1.807, 2.05) is 30.3 Å². The van der Waals surface area contributed by atoms with Crippen LogP contribution in [0.2, 0.25) is 0 Å². The number of aromatic nitrogens is 1. The molecule has 1 amide bonds. The van der Waals surface area contributed by atoms with E-state index in [0.717, 1.165) is 32.0 Å². The molecular formula is C24H18N3O3S2-. The number of hydrogen-bond donors (Lipinski definition) is 0. The summed E-state index contributed by atoms with van der Waals surface area (Å²) in [7, 11) is -2.08. The van der Waals surface area contributed by atoms with Crippen molar-refractivity contribution in [2.24, 2.45) is 0 Å². The first-order valence-electron chi connectivity index (χ1n) is 9.89. The predicted molar refractivity (Wildman–Crippen MR) is 125 cm³/mol. The number of hydrogen-bond acceptors (Lipinski definition) is 5. The van der Waals surface area contributed by atoms with E-state index in [9.17, 15) is 13.2 Å². The van der Waals surface area contributed by atoms with Crippen LogP contribution < -0.4 is 0 Å². The second-order valence-corrected chi connectivity index (χ2v) is 10.1. The predicted octanol–water partition coefficient (Wildman–Crippen LogP) is 5.46. The fraction of sp³-hybridized carbons (Fsp3) is 0.0833. The van der Waals surface area contributed by atoms with Gasteiger partial charge in [-0.2, -0.15) is 0 Å². The van der Waals surface area contributed by atoms with Crippen molar-refractivity contribution in [3.05, 3.63) is 94.8 Å². The number of carbonyl (C=O) groups is 1. The lowest BCUT2D eigenvalue weighted by Crippen LogP contribution is -2.17. The molecule has 1 aliphatic rings. The molecule has 8 heteroatoms. The van der Waals surface area contributed by atoms with Gasteiger partial charge in [0.2, 0.25) is 0 Å². The molecule has 1 aliphatic heterocycles. The molecule has 6 nitrogen and oxygen atoms in total. The number of sulfonamides is 1. The van der Waals surface area contributed by atoms with E-state index in [1.165, 1.54) is 12.3 Å². The van der Waals surface area contributed by atoms with Gasteiger partial charge in [0.15, 0.2) is 0 Å². The van der Waals surface area contributed by atoms with Crippen LogP contribution >= 0.6 is 11.3 Å². The van der Waals surface area contributed by atoms with Gasteiger partial charge in [0.25, 0.3) is 5.91 Å². The van der Waals surface area contributed by atoms with Crippen molar-refractivity contribution in [3.8, 4) is 20.9 Å². The van der Waals surface area contributed by atoms with Crippen molar-refractivity contribution in [1.29, 1.82) is 0 Å². The lowest BCUT2D eigenvalue weighted by molar-refractivity contribution is 0.0816. The number of pyridine rings is 1. The summed E-state index contributed by atoms with van der Waals surface area (Å²) in [4.78, 5) is 19.8. The number of fused-ring (bicyclic) bond motifs is 1. The third-order valence-electron chi connectivity index (χ3n) is 5.24. The van der Waals surface area contributed by atoms with Gasteiger partial charge in [0, 0.05) is 35.1 Å². The van der Waals surface area contributed by atoms with E-state index in [-0.39, 0.29) is 10.9 Å². The number of amides is 1. The molecule has 2 aromatic carbocycles. The van der Waals surface area contributed by atoms with Crippen LogP contribution in [0, 0.1) is 0 Å². The molecule has 5 rings (SSSR count). The molecule has 0 unspecified atom stereocenters. The maximum Gasteiger partial charge on any atom is 0.254 e. The average molecular weight is 461 g/mol. The van der Waals surface area contributed by atoms with Crippen molar-refractivity contribution in [2.75, 3.05) is 7.05 Å². The maximum absolute atomic E-state index is 12.5. The van der Waals surface area contributed by atoms with Crippen molar-refractivity contribution < 1.29 is 13.2 Å². The molecule has 3 heterocycles. The van der Waals surface area contributed by atoms with Crippen LogP contribution in [-0.2, 0) is 16.6 Å². The first-order chi connectivity index (χ1) is 15.4. The first kappa shape index (κ1) is 20.4. The Balaban J connectivity index is 1.41. The first-order valence-corrected chi connectivity index (χ1v) is 12.1. The maximum atomic E-state index is 12.5. The van der Waals surface area contributed by atoms with Crippen molar-refractivity contribution >= 4 is 33.0 Å². The molecule has 4 aromatic rings.